The number of rotatable bonds is 1. The van der Waals surface area contributed by atoms with E-state index in [9.17, 15) is 0 Å². The summed E-state index contributed by atoms with van der Waals surface area (Å²) < 4.78 is 0. The fourth-order valence-electron chi connectivity index (χ4n) is 2.38. The summed E-state index contributed by atoms with van der Waals surface area (Å²) >= 11 is 0. The Morgan fingerprint density at radius 2 is 1.75 bits per heavy atom. The van der Waals surface area contributed by atoms with E-state index in [1.807, 2.05) is 0 Å². The molecule has 0 amide bonds. The Hall–Kier alpha value is -0.0400. The van der Waals surface area contributed by atoms with Gasteiger partial charge in [-0.05, 0) is 37.6 Å². The molecule has 1 saturated heterocycles. The zero-order chi connectivity index (χ0) is 8.55. The highest BCUT2D eigenvalue weighted by molar-refractivity contribution is 4.85. The monoisotopic (exact) mass is 167 g/mol. The van der Waals surface area contributed by atoms with Crippen LogP contribution in [0.1, 0.15) is 39.5 Å². The molecule has 0 bridgehead atoms. The fraction of sp³-hybridized carbons (Fsp3) is 1.00. The summed E-state index contributed by atoms with van der Waals surface area (Å²) in [6.07, 6.45) is 5.85. The molecule has 1 nitrogen and oxygen atoms in total. The molecule has 0 unspecified atom stereocenters. The third-order valence-corrected chi connectivity index (χ3v) is 3.96. The van der Waals surface area contributed by atoms with E-state index >= 15 is 0 Å². The molecule has 0 spiro atoms. The van der Waals surface area contributed by atoms with Crippen molar-refractivity contribution in [1.29, 1.82) is 0 Å². The second kappa shape index (κ2) is 3.37. The van der Waals surface area contributed by atoms with Crippen LogP contribution in [-0.2, 0) is 0 Å². The average Bonchev–Trinajstić information content (AvgIpc) is 1.93. The van der Waals surface area contributed by atoms with E-state index in [0.717, 1.165) is 17.9 Å². The summed E-state index contributed by atoms with van der Waals surface area (Å²) in [7, 11) is 0. The maximum atomic E-state index is 2.73. The summed E-state index contributed by atoms with van der Waals surface area (Å²) in [4.78, 5) is 2.73. The lowest BCUT2D eigenvalue weighted by Crippen LogP contribution is -2.47. The molecule has 70 valence electrons. The smallest absolute Gasteiger partial charge is 0.00953 e. The van der Waals surface area contributed by atoms with Crippen LogP contribution in [0.4, 0.5) is 0 Å². The third kappa shape index (κ3) is 1.52. The maximum Gasteiger partial charge on any atom is 0.00953 e. The highest BCUT2D eigenvalue weighted by atomic mass is 15.2. The first-order valence-corrected chi connectivity index (χ1v) is 5.51. The van der Waals surface area contributed by atoms with Gasteiger partial charge in [-0.25, -0.2) is 0 Å². The van der Waals surface area contributed by atoms with Crippen LogP contribution < -0.4 is 0 Å². The van der Waals surface area contributed by atoms with E-state index in [1.54, 1.807) is 0 Å². The van der Waals surface area contributed by atoms with Crippen LogP contribution in [0.5, 0.6) is 0 Å². The van der Waals surface area contributed by atoms with E-state index in [0.29, 0.717) is 0 Å². The molecule has 1 aliphatic heterocycles. The number of likely N-dealkylation sites (tertiary alicyclic amines) is 1. The normalized spacial score (nSPS) is 39.5. The number of hydrogen-bond donors (Lipinski definition) is 0. The first-order valence-electron chi connectivity index (χ1n) is 5.51. The predicted molar refractivity (Wildman–Crippen MR) is 52.2 cm³/mol. The van der Waals surface area contributed by atoms with Gasteiger partial charge in [-0.1, -0.05) is 20.3 Å². The van der Waals surface area contributed by atoms with Gasteiger partial charge in [0.2, 0.25) is 0 Å². The number of hydrogen-bond acceptors (Lipinski definition) is 1. The van der Waals surface area contributed by atoms with Gasteiger partial charge in [0, 0.05) is 12.6 Å². The standard InChI is InChI=1S/C11H21N/c1-9-6-7-12(8-10(9)2)11-4-3-5-11/h9-11H,3-8H2,1-2H3/t9-,10+/m1/s1. The summed E-state index contributed by atoms with van der Waals surface area (Å²) in [6, 6.07) is 0.972. The van der Waals surface area contributed by atoms with Gasteiger partial charge in [0.1, 0.15) is 0 Å². The van der Waals surface area contributed by atoms with Crippen molar-refractivity contribution in [2.45, 2.75) is 45.6 Å². The minimum atomic E-state index is 0.930. The fourth-order valence-corrected chi connectivity index (χ4v) is 2.38. The minimum Gasteiger partial charge on any atom is -0.300 e. The van der Waals surface area contributed by atoms with Crippen LogP contribution in [-0.4, -0.2) is 24.0 Å². The molecular formula is C11H21N. The molecule has 2 fully saturated rings. The number of piperidine rings is 1. The Bertz CT molecular complexity index is 151. The molecule has 12 heavy (non-hydrogen) atoms. The Kier molecular flexibility index (Phi) is 2.40. The molecule has 0 N–H and O–H groups in total. The Labute approximate surface area is 76.1 Å². The van der Waals surface area contributed by atoms with Crippen LogP contribution >= 0.6 is 0 Å². The molecule has 0 aromatic heterocycles. The molecule has 2 rings (SSSR count). The third-order valence-electron chi connectivity index (χ3n) is 3.96. The lowest BCUT2D eigenvalue weighted by molar-refractivity contribution is 0.0581. The maximum absolute atomic E-state index is 2.73. The predicted octanol–water partition coefficient (Wildman–Crippen LogP) is 2.52. The van der Waals surface area contributed by atoms with Crippen LogP contribution in [0.15, 0.2) is 0 Å². The van der Waals surface area contributed by atoms with Gasteiger partial charge in [0.05, 0.1) is 0 Å². The molecule has 0 radical (unpaired) electrons. The van der Waals surface area contributed by atoms with Gasteiger partial charge < -0.3 is 4.90 Å². The van der Waals surface area contributed by atoms with Crippen molar-refractivity contribution in [3.63, 3.8) is 0 Å². The summed E-state index contributed by atoms with van der Waals surface area (Å²) in [5.41, 5.74) is 0. The Balaban J connectivity index is 1.84. The minimum absolute atomic E-state index is 0.930. The first kappa shape index (κ1) is 8.55. The quantitative estimate of drug-likeness (QED) is 0.580. The second-order valence-corrected chi connectivity index (χ2v) is 4.82. The average molecular weight is 167 g/mol. The van der Waals surface area contributed by atoms with Gasteiger partial charge in [0.15, 0.2) is 0 Å². The Morgan fingerprint density at radius 3 is 2.25 bits per heavy atom. The van der Waals surface area contributed by atoms with Crippen LogP contribution in [0.25, 0.3) is 0 Å². The van der Waals surface area contributed by atoms with Crippen molar-refractivity contribution in [1.82, 2.24) is 4.90 Å². The van der Waals surface area contributed by atoms with Gasteiger partial charge in [-0.3, -0.25) is 0 Å². The first-order chi connectivity index (χ1) is 5.77. The Morgan fingerprint density at radius 1 is 1.00 bits per heavy atom. The zero-order valence-corrected chi connectivity index (χ0v) is 8.42. The largest absolute Gasteiger partial charge is 0.300 e. The van der Waals surface area contributed by atoms with E-state index in [2.05, 4.69) is 18.7 Å². The van der Waals surface area contributed by atoms with E-state index in [4.69, 9.17) is 0 Å². The summed E-state index contributed by atoms with van der Waals surface area (Å²) in [5.74, 6) is 1.89. The number of nitrogens with zero attached hydrogens (tertiary/aromatic N) is 1. The van der Waals surface area contributed by atoms with Crippen molar-refractivity contribution < 1.29 is 0 Å². The SMILES string of the molecule is C[C@@H]1CCN(C2CCC2)C[C@@H]1C. The molecular weight excluding hydrogens is 146 g/mol. The van der Waals surface area contributed by atoms with Gasteiger partial charge >= 0.3 is 0 Å². The van der Waals surface area contributed by atoms with E-state index in [-0.39, 0.29) is 0 Å². The van der Waals surface area contributed by atoms with Gasteiger partial charge in [-0.2, -0.15) is 0 Å². The van der Waals surface area contributed by atoms with Crippen molar-refractivity contribution >= 4 is 0 Å². The molecule has 0 aromatic carbocycles. The van der Waals surface area contributed by atoms with Crippen molar-refractivity contribution in [3.05, 3.63) is 0 Å². The van der Waals surface area contributed by atoms with E-state index in [1.165, 1.54) is 38.8 Å². The lowest BCUT2D eigenvalue weighted by atomic mass is 9.84. The van der Waals surface area contributed by atoms with Crippen molar-refractivity contribution in [3.8, 4) is 0 Å². The van der Waals surface area contributed by atoms with Crippen molar-refractivity contribution in [2.75, 3.05) is 13.1 Å². The van der Waals surface area contributed by atoms with Crippen LogP contribution in [0.3, 0.4) is 0 Å². The molecule has 1 heteroatoms. The highest BCUT2D eigenvalue weighted by Crippen LogP contribution is 2.30. The van der Waals surface area contributed by atoms with E-state index < -0.39 is 0 Å². The molecule has 2 aliphatic rings. The summed E-state index contributed by atoms with van der Waals surface area (Å²) in [5, 5.41) is 0. The zero-order valence-electron chi connectivity index (χ0n) is 8.42. The van der Waals surface area contributed by atoms with Crippen LogP contribution in [0, 0.1) is 11.8 Å². The molecule has 0 aromatic rings. The molecule has 1 aliphatic carbocycles. The molecule has 1 heterocycles. The van der Waals surface area contributed by atoms with Gasteiger partial charge in [0.25, 0.3) is 0 Å². The van der Waals surface area contributed by atoms with Crippen molar-refractivity contribution in [2.24, 2.45) is 11.8 Å². The highest BCUT2D eigenvalue weighted by Gasteiger charge is 2.30. The summed E-state index contributed by atoms with van der Waals surface area (Å²) in [6.45, 7) is 7.56. The topological polar surface area (TPSA) is 3.24 Å². The second-order valence-electron chi connectivity index (χ2n) is 4.82. The lowest BCUT2D eigenvalue weighted by Gasteiger charge is -2.43. The molecule has 1 saturated carbocycles. The van der Waals surface area contributed by atoms with Crippen LogP contribution in [0.2, 0.25) is 0 Å². The molecule has 2 atom stereocenters. The van der Waals surface area contributed by atoms with Gasteiger partial charge in [-0.15, -0.1) is 0 Å².